The molecule has 0 bridgehead atoms. The third-order valence-corrected chi connectivity index (χ3v) is 6.37. The van der Waals surface area contributed by atoms with Crippen LogP contribution in [0.4, 0.5) is 5.82 Å². The lowest BCUT2D eigenvalue weighted by Gasteiger charge is -2.21. The highest BCUT2D eigenvalue weighted by atomic mass is 16.5. The molecule has 2 heterocycles. The fourth-order valence-electron chi connectivity index (χ4n) is 4.15. The number of anilines is 1. The van der Waals surface area contributed by atoms with E-state index in [4.69, 9.17) is 13.9 Å². The number of hydrogen-bond donors (Lipinski definition) is 1. The fourth-order valence-corrected chi connectivity index (χ4v) is 4.15. The van der Waals surface area contributed by atoms with Crippen molar-refractivity contribution in [2.24, 2.45) is 7.05 Å². The Bertz CT molecular complexity index is 1560. The van der Waals surface area contributed by atoms with Crippen LogP contribution in [0.3, 0.4) is 0 Å². The van der Waals surface area contributed by atoms with E-state index in [0.29, 0.717) is 16.5 Å². The minimum absolute atomic E-state index is 0.0539. The van der Waals surface area contributed by atoms with Gasteiger partial charge in [0.15, 0.2) is 11.9 Å². The molecule has 2 aromatic carbocycles. The van der Waals surface area contributed by atoms with E-state index in [1.54, 1.807) is 45.2 Å². The minimum atomic E-state index is -1.06. The average molecular weight is 532 g/mol. The van der Waals surface area contributed by atoms with Crippen LogP contribution in [-0.2, 0) is 22.0 Å². The van der Waals surface area contributed by atoms with Crippen LogP contribution < -0.4 is 15.5 Å². The van der Waals surface area contributed by atoms with E-state index in [9.17, 15) is 14.4 Å². The summed E-state index contributed by atoms with van der Waals surface area (Å²) < 4.78 is 18.7. The van der Waals surface area contributed by atoms with Crippen molar-refractivity contribution >= 4 is 28.7 Å². The Balaban J connectivity index is 1.73. The summed E-state index contributed by atoms with van der Waals surface area (Å²) in [4.78, 5) is 39.3. The van der Waals surface area contributed by atoms with Crippen LogP contribution in [0, 0.1) is 0 Å². The van der Waals surface area contributed by atoms with Crippen molar-refractivity contribution in [2.75, 3.05) is 11.9 Å². The van der Waals surface area contributed by atoms with Crippen molar-refractivity contribution in [1.82, 2.24) is 9.78 Å². The SMILES string of the molecule is CCOC(=O)c1cnn(C)c1NC(=O)C(CC)Oc1c(-c2ccc(C(C)(C)C)cc2)oc2ccccc2c1=O. The first-order valence-electron chi connectivity index (χ1n) is 12.9. The van der Waals surface area contributed by atoms with Gasteiger partial charge in [0.05, 0.1) is 18.2 Å². The van der Waals surface area contributed by atoms with Gasteiger partial charge in [-0.2, -0.15) is 5.10 Å². The zero-order valence-corrected chi connectivity index (χ0v) is 23.0. The molecule has 4 rings (SSSR count). The van der Waals surface area contributed by atoms with Gasteiger partial charge in [-0.1, -0.05) is 64.1 Å². The molecular weight excluding hydrogens is 498 g/mol. The second-order valence-corrected chi connectivity index (χ2v) is 10.2. The third kappa shape index (κ3) is 5.72. The van der Waals surface area contributed by atoms with E-state index in [0.717, 1.165) is 5.56 Å². The number of hydrogen-bond acceptors (Lipinski definition) is 7. The van der Waals surface area contributed by atoms with E-state index < -0.39 is 18.0 Å². The second kappa shape index (κ2) is 11.1. The molecule has 2 aromatic heterocycles. The number of ether oxygens (including phenoxy) is 2. The molecular formula is C30H33N3O6. The number of rotatable bonds is 8. The van der Waals surface area contributed by atoms with Gasteiger partial charge < -0.3 is 19.2 Å². The summed E-state index contributed by atoms with van der Waals surface area (Å²) in [5.41, 5.74) is 1.86. The lowest BCUT2D eigenvalue weighted by molar-refractivity contribution is -0.122. The van der Waals surface area contributed by atoms with Crippen molar-refractivity contribution in [2.45, 2.75) is 52.6 Å². The molecule has 1 unspecified atom stereocenters. The average Bonchev–Trinajstić information content (AvgIpc) is 3.27. The highest BCUT2D eigenvalue weighted by Crippen LogP contribution is 2.33. The van der Waals surface area contributed by atoms with Gasteiger partial charge in [0, 0.05) is 12.6 Å². The van der Waals surface area contributed by atoms with Crippen molar-refractivity contribution in [3.05, 3.63) is 76.1 Å². The van der Waals surface area contributed by atoms with E-state index in [2.05, 4.69) is 31.2 Å². The number of aromatic nitrogens is 2. The minimum Gasteiger partial charge on any atom is -0.473 e. The van der Waals surface area contributed by atoms with Crippen LogP contribution in [0.5, 0.6) is 5.75 Å². The molecule has 1 amide bonds. The molecule has 9 heteroatoms. The standard InChI is InChI=1S/C30H33N3O6/c1-7-22(28(35)32-27-21(17-31-33(27)6)29(36)37-8-2)38-26-24(34)20-11-9-10-12-23(20)39-25(26)18-13-15-19(16-14-18)30(3,4)5/h9-17,22H,7-8H2,1-6H3,(H,32,35). The number of nitrogens with zero attached hydrogens (tertiary/aromatic N) is 2. The molecule has 1 atom stereocenters. The third-order valence-electron chi connectivity index (χ3n) is 6.37. The molecule has 0 spiro atoms. The molecule has 0 aliphatic carbocycles. The number of para-hydroxylation sites is 1. The highest BCUT2D eigenvalue weighted by molar-refractivity contribution is 6.01. The number of carbonyl (C=O) groups excluding carboxylic acids is 2. The Morgan fingerprint density at radius 2 is 1.77 bits per heavy atom. The molecule has 0 fully saturated rings. The van der Waals surface area contributed by atoms with Gasteiger partial charge in [0.2, 0.25) is 11.2 Å². The Morgan fingerprint density at radius 1 is 1.08 bits per heavy atom. The zero-order valence-electron chi connectivity index (χ0n) is 23.0. The monoisotopic (exact) mass is 531 g/mol. The van der Waals surface area contributed by atoms with Gasteiger partial charge in [-0.3, -0.25) is 14.3 Å². The molecule has 204 valence electrons. The van der Waals surface area contributed by atoms with Gasteiger partial charge in [0.1, 0.15) is 17.0 Å². The number of amides is 1. The van der Waals surface area contributed by atoms with Crippen LogP contribution in [0.25, 0.3) is 22.3 Å². The summed E-state index contributed by atoms with van der Waals surface area (Å²) in [5, 5.41) is 7.12. The van der Waals surface area contributed by atoms with E-state index in [1.165, 1.54) is 10.9 Å². The molecule has 39 heavy (non-hydrogen) atoms. The van der Waals surface area contributed by atoms with Gasteiger partial charge >= 0.3 is 5.97 Å². The number of benzene rings is 2. The number of nitrogens with one attached hydrogen (secondary N) is 1. The lowest BCUT2D eigenvalue weighted by Crippen LogP contribution is -2.35. The summed E-state index contributed by atoms with van der Waals surface area (Å²) in [6.07, 6.45) is 0.506. The van der Waals surface area contributed by atoms with Crippen LogP contribution in [-0.4, -0.2) is 34.4 Å². The molecule has 0 saturated heterocycles. The quantitative estimate of drug-likeness (QED) is 0.300. The first-order chi connectivity index (χ1) is 18.5. The molecule has 4 aromatic rings. The van der Waals surface area contributed by atoms with Crippen molar-refractivity contribution in [3.8, 4) is 17.1 Å². The number of aryl methyl sites for hydroxylation is 1. The molecule has 0 radical (unpaired) electrons. The highest BCUT2D eigenvalue weighted by Gasteiger charge is 2.28. The summed E-state index contributed by atoms with van der Waals surface area (Å²) in [6.45, 7) is 9.99. The summed E-state index contributed by atoms with van der Waals surface area (Å²) >= 11 is 0. The molecule has 1 N–H and O–H groups in total. The van der Waals surface area contributed by atoms with E-state index in [-0.39, 0.29) is 46.8 Å². The molecule has 9 nitrogen and oxygen atoms in total. The number of carbonyl (C=O) groups is 2. The van der Waals surface area contributed by atoms with Gasteiger partial charge in [-0.05, 0) is 36.5 Å². The normalized spacial score (nSPS) is 12.3. The Kier molecular flexibility index (Phi) is 7.90. The summed E-state index contributed by atoms with van der Waals surface area (Å²) in [7, 11) is 1.59. The fraction of sp³-hybridized carbons (Fsp3) is 0.333. The zero-order chi connectivity index (χ0) is 28.3. The van der Waals surface area contributed by atoms with E-state index >= 15 is 0 Å². The van der Waals surface area contributed by atoms with Crippen molar-refractivity contribution in [1.29, 1.82) is 0 Å². The van der Waals surface area contributed by atoms with Gasteiger partial charge in [-0.15, -0.1) is 0 Å². The second-order valence-electron chi connectivity index (χ2n) is 10.2. The molecule has 0 aliphatic heterocycles. The van der Waals surface area contributed by atoms with Crippen molar-refractivity contribution in [3.63, 3.8) is 0 Å². The van der Waals surface area contributed by atoms with Crippen LogP contribution in [0.2, 0.25) is 0 Å². The Labute approximate surface area is 226 Å². The number of fused-ring (bicyclic) bond motifs is 1. The molecule has 0 saturated carbocycles. The van der Waals surface area contributed by atoms with Gasteiger partial charge in [-0.25, -0.2) is 4.79 Å². The lowest BCUT2D eigenvalue weighted by atomic mass is 9.86. The first-order valence-corrected chi connectivity index (χ1v) is 12.9. The maximum atomic E-state index is 13.6. The predicted molar refractivity (Wildman–Crippen MR) is 149 cm³/mol. The summed E-state index contributed by atoms with van der Waals surface area (Å²) in [5.74, 6) is -0.809. The van der Waals surface area contributed by atoms with E-state index in [1.807, 2.05) is 24.3 Å². The van der Waals surface area contributed by atoms with Crippen LogP contribution in [0.1, 0.15) is 57.0 Å². The van der Waals surface area contributed by atoms with Gasteiger partial charge in [0.25, 0.3) is 5.91 Å². The Hall–Kier alpha value is -4.40. The van der Waals surface area contributed by atoms with Crippen LogP contribution >= 0.6 is 0 Å². The topological polar surface area (TPSA) is 113 Å². The first kappa shape index (κ1) is 27.6. The smallest absolute Gasteiger partial charge is 0.343 e. The molecule has 0 aliphatic rings. The van der Waals surface area contributed by atoms with Crippen molar-refractivity contribution < 1.29 is 23.5 Å². The largest absolute Gasteiger partial charge is 0.473 e. The Morgan fingerprint density at radius 3 is 2.41 bits per heavy atom. The number of esters is 1. The van der Waals surface area contributed by atoms with Crippen LogP contribution in [0.15, 0.2) is 63.9 Å². The maximum Gasteiger partial charge on any atom is 0.343 e. The maximum absolute atomic E-state index is 13.6. The summed E-state index contributed by atoms with van der Waals surface area (Å²) in [6, 6.07) is 14.6. The predicted octanol–water partition coefficient (Wildman–Crippen LogP) is 5.46.